The van der Waals surface area contributed by atoms with E-state index in [2.05, 4.69) is 32.8 Å². The minimum Gasteiger partial charge on any atom is -0.507 e. The molecular weight excluding hydrogens is 378 g/mol. The monoisotopic (exact) mass is 407 g/mol. The van der Waals surface area contributed by atoms with E-state index in [4.69, 9.17) is 0 Å². The first kappa shape index (κ1) is 20.3. The van der Waals surface area contributed by atoms with E-state index in [0.29, 0.717) is 29.4 Å². The maximum Gasteiger partial charge on any atom is 0.243 e. The van der Waals surface area contributed by atoms with Crippen molar-refractivity contribution in [1.29, 1.82) is 0 Å². The van der Waals surface area contributed by atoms with Crippen molar-refractivity contribution in [1.82, 2.24) is 20.8 Å². The number of phenols is 1. The molecule has 3 N–H and O–H groups in total. The smallest absolute Gasteiger partial charge is 0.243 e. The van der Waals surface area contributed by atoms with E-state index in [0.717, 1.165) is 24.2 Å². The van der Waals surface area contributed by atoms with Crippen molar-refractivity contribution in [3.63, 3.8) is 0 Å². The van der Waals surface area contributed by atoms with Gasteiger partial charge in [0.25, 0.3) is 0 Å². The van der Waals surface area contributed by atoms with Crippen molar-refractivity contribution in [3.8, 4) is 17.0 Å². The Hall–Kier alpha value is -2.93. The summed E-state index contributed by atoms with van der Waals surface area (Å²) < 4.78 is 0. The van der Waals surface area contributed by atoms with Crippen molar-refractivity contribution in [2.24, 2.45) is 0 Å². The zero-order chi connectivity index (χ0) is 21.1. The molecule has 1 unspecified atom stereocenters. The van der Waals surface area contributed by atoms with Gasteiger partial charge in [0.2, 0.25) is 5.91 Å². The molecule has 1 amide bonds. The Balaban J connectivity index is 1.46. The summed E-state index contributed by atoms with van der Waals surface area (Å²) in [6.45, 7) is 0. The van der Waals surface area contributed by atoms with Crippen molar-refractivity contribution in [2.45, 2.75) is 50.2 Å². The van der Waals surface area contributed by atoms with Crippen LogP contribution in [-0.4, -0.2) is 53.4 Å². The number of hydrogen-bond donors (Lipinski definition) is 3. The Morgan fingerprint density at radius 2 is 1.97 bits per heavy atom. The predicted octanol–water partition coefficient (Wildman–Crippen LogP) is 2.72. The fourth-order valence-electron chi connectivity index (χ4n) is 4.52. The van der Waals surface area contributed by atoms with Gasteiger partial charge in [-0.25, -0.2) is 0 Å². The van der Waals surface area contributed by atoms with Gasteiger partial charge in [0.05, 0.1) is 5.69 Å². The third-order valence-corrected chi connectivity index (χ3v) is 6.22. The topological polar surface area (TPSA) is 90.4 Å². The van der Waals surface area contributed by atoms with Gasteiger partial charge in [-0.15, -0.1) is 10.2 Å². The highest BCUT2D eigenvalue weighted by Gasteiger charge is 2.33. The molecule has 7 nitrogen and oxygen atoms in total. The maximum atomic E-state index is 11.3. The average molecular weight is 408 g/mol. The molecule has 0 radical (unpaired) electrons. The summed E-state index contributed by atoms with van der Waals surface area (Å²) in [5.41, 5.74) is 1.97. The molecule has 0 spiro atoms. The maximum absolute atomic E-state index is 11.3. The summed E-state index contributed by atoms with van der Waals surface area (Å²) in [6.07, 6.45) is 9.22. The van der Waals surface area contributed by atoms with Crippen LogP contribution in [0.25, 0.3) is 17.3 Å². The van der Waals surface area contributed by atoms with Crippen molar-refractivity contribution in [2.75, 3.05) is 19.0 Å². The van der Waals surface area contributed by atoms with Crippen LogP contribution in [-0.2, 0) is 4.79 Å². The zero-order valence-electron chi connectivity index (χ0n) is 17.5. The molecule has 2 aromatic rings. The number of fused-ring (bicyclic) bond motifs is 2. The molecular formula is C23H29N5O2. The number of carbonyl (C=O) groups excluding carboxylic acids is 1. The Bertz CT molecular complexity index is 916. The first-order valence-corrected chi connectivity index (χ1v) is 10.6. The van der Waals surface area contributed by atoms with Crippen LogP contribution in [0.5, 0.6) is 5.75 Å². The van der Waals surface area contributed by atoms with E-state index in [9.17, 15) is 9.90 Å². The third-order valence-electron chi connectivity index (χ3n) is 6.22. The minimum absolute atomic E-state index is 0.107. The Morgan fingerprint density at radius 1 is 1.20 bits per heavy atom. The van der Waals surface area contributed by atoms with Gasteiger partial charge in [0, 0.05) is 43.9 Å². The zero-order valence-corrected chi connectivity index (χ0v) is 17.5. The normalized spacial score (nSPS) is 23.3. The van der Waals surface area contributed by atoms with Crippen LogP contribution in [0.1, 0.15) is 37.7 Å². The summed E-state index contributed by atoms with van der Waals surface area (Å²) in [5.74, 6) is 0.769. The van der Waals surface area contributed by atoms with Gasteiger partial charge in [-0.2, -0.15) is 0 Å². The van der Waals surface area contributed by atoms with E-state index >= 15 is 0 Å². The summed E-state index contributed by atoms with van der Waals surface area (Å²) in [4.78, 5) is 13.6. The molecule has 2 aliphatic rings. The SMILES string of the molecule is CNC(=O)/C=C/c1ccc(-c2ccc(N(C)C3C[C@H]4CCC[C@@H](C3)N4)nn2)c(O)c1. The van der Waals surface area contributed by atoms with E-state index in [1.165, 1.54) is 25.3 Å². The first-order valence-electron chi connectivity index (χ1n) is 10.6. The fraction of sp³-hybridized carbons (Fsp3) is 0.435. The lowest BCUT2D eigenvalue weighted by molar-refractivity contribution is -0.115. The predicted molar refractivity (Wildman–Crippen MR) is 118 cm³/mol. The highest BCUT2D eigenvalue weighted by molar-refractivity contribution is 5.91. The highest BCUT2D eigenvalue weighted by atomic mass is 16.3. The number of rotatable bonds is 5. The van der Waals surface area contributed by atoms with E-state index in [-0.39, 0.29) is 11.7 Å². The number of phenolic OH excluding ortho intramolecular Hbond substituents is 1. The standard InChI is InChI=1S/C23H29N5O2/c1-24-23(30)11-7-15-6-8-19(21(29)12-15)20-9-10-22(27-26-20)28(2)18-13-16-4-3-5-17(14-18)25-16/h6-12,16-18,25,29H,3-5,13-14H2,1-2H3,(H,24,30)/b11-7+/t16-,17+,18?. The van der Waals surface area contributed by atoms with Crippen molar-refractivity contribution in [3.05, 3.63) is 42.0 Å². The number of benzene rings is 1. The largest absolute Gasteiger partial charge is 0.507 e. The highest BCUT2D eigenvalue weighted by Crippen LogP contribution is 2.32. The molecule has 2 fully saturated rings. The number of nitrogens with one attached hydrogen (secondary N) is 2. The van der Waals surface area contributed by atoms with Crippen LogP contribution in [0.15, 0.2) is 36.4 Å². The molecule has 4 rings (SSSR count). The molecule has 2 bridgehead atoms. The van der Waals surface area contributed by atoms with Gasteiger partial charge in [-0.05, 0) is 61.6 Å². The second-order valence-corrected chi connectivity index (χ2v) is 8.23. The van der Waals surface area contributed by atoms with Gasteiger partial charge < -0.3 is 20.6 Å². The number of amides is 1. The Labute approximate surface area is 177 Å². The summed E-state index contributed by atoms with van der Waals surface area (Å²) in [5, 5.41) is 25.5. The molecule has 0 saturated carbocycles. The number of piperidine rings is 2. The van der Waals surface area contributed by atoms with Gasteiger partial charge in [0.1, 0.15) is 5.75 Å². The van der Waals surface area contributed by atoms with Crippen molar-refractivity contribution >= 4 is 17.8 Å². The molecule has 30 heavy (non-hydrogen) atoms. The summed E-state index contributed by atoms with van der Waals surface area (Å²) >= 11 is 0. The molecule has 0 aliphatic carbocycles. The summed E-state index contributed by atoms with van der Waals surface area (Å²) in [6, 6.07) is 10.8. The van der Waals surface area contributed by atoms with Gasteiger partial charge in [-0.1, -0.05) is 12.5 Å². The van der Waals surface area contributed by atoms with Crippen LogP contribution >= 0.6 is 0 Å². The average Bonchev–Trinajstić information content (AvgIpc) is 2.77. The van der Waals surface area contributed by atoms with E-state index < -0.39 is 0 Å². The van der Waals surface area contributed by atoms with Crippen LogP contribution < -0.4 is 15.5 Å². The molecule has 3 atom stereocenters. The van der Waals surface area contributed by atoms with E-state index in [1.807, 2.05) is 18.2 Å². The fourth-order valence-corrected chi connectivity index (χ4v) is 4.52. The number of anilines is 1. The molecule has 1 aromatic heterocycles. The lowest BCUT2D eigenvalue weighted by Gasteiger charge is -2.43. The van der Waals surface area contributed by atoms with Gasteiger partial charge >= 0.3 is 0 Å². The molecule has 1 aromatic carbocycles. The number of carbonyl (C=O) groups is 1. The van der Waals surface area contributed by atoms with Gasteiger partial charge in [0.15, 0.2) is 5.82 Å². The lowest BCUT2D eigenvalue weighted by Crippen LogP contribution is -2.54. The Morgan fingerprint density at radius 3 is 2.60 bits per heavy atom. The minimum atomic E-state index is -0.193. The molecule has 3 heterocycles. The van der Waals surface area contributed by atoms with Crippen LogP contribution in [0.4, 0.5) is 5.82 Å². The Kier molecular flexibility index (Phi) is 5.99. The summed E-state index contributed by atoms with van der Waals surface area (Å²) in [7, 11) is 3.67. The number of likely N-dealkylation sites (N-methyl/N-ethyl adjacent to an activating group) is 1. The van der Waals surface area contributed by atoms with E-state index in [1.54, 1.807) is 25.3 Å². The first-order chi connectivity index (χ1) is 14.5. The molecule has 2 saturated heterocycles. The third kappa shape index (κ3) is 4.46. The number of hydrogen-bond acceptors (Lipinski definition) is 6. The second-order valence-electron chi connectivity index (χ2n) is 8.23. The molecule has 2 aliphatic heterocycles. The molecule has 7 heteroatoms. The number of aromatic hydroxyl groups is 1. The number of nitrogens with zero attached hydrogens (tertiary/aromatic N) is 3. The quantitative estimate of drug-likeness (QED) is 0.661. The second kappa shape index (κ2) is 8.83. The lowest BCUT2D eigenvalue weighted by atomic mass is 9.83. The molecule has 158 valence electrons. The number of aromatic nitrogens is 2. The van der Waals surface area contributed by atoms with Crippen LogP contribution in [0.2, 0.25) is 0 Å². The van der Waals surface area contributed by atoms with Crippen molar-refractivity contribution < 1.29 is 9.90 Å². The van der Waals surface area contributed by atoms with Crippen LogP contribution in [0, 0.1) is 0 Å². The van der Waals surface area contributed by atoms with Gasteiger partial charge in [-0.3, -0.25) is 4.79 Å². The van der Waals surface area contributed by atoms with Crippen LogP contribution in [0.3, 0.4) is 0 Å².